The van der Waals surface area contributed by atoms with Crippen molar-refractivity contribution in [3.63, 3.8) is 0 Å². The molecule has 108 valence electrons. The zero-order valence-electron chi connectivity index (χ0n) is 12.9. The van der Waals surface area contributed by atoms with Crippen molar-refractivity contribution in [1.82, 2.24) is 0 Å². The second-order valence-corrected chi connectivity index (χ2v) is 5.96. The molecule has 0 radical (unpaired) electrons. The third-order valence-electron chi connectivity index (χ3n) is 4.62. The minimum atomic E-state index is 1.08. The first-order valence-electron chi connectivity index (χ1n) is 8.06. The number of aromatic nitrogens is 1. The minimum absolute atomic E-state index is 1.08. The quantitative estimate of drug-likeness (QED) is 0.614. The van der Waals surface area contributed by atoms with Gasteiger partial charge in [0.2, 0.25) is 5.69 Å². The van der Waals surface area contributed by atoms with Gasteiger partial charge < -0.3 is 0 Å². The number of fused-ring (bicyclic) bond motifs is 3. The van der Waals surface area contributed by atoms with Crippen LogP contribution in [0, 0.1) is 0 Å². The second-order valence-electron chi connectivity index (χ2n) is 5.96. The van der Waals surface area contributed by atoms with Crippen LogP contribution in [0.3, 0.4) is 0 Å². The molecule has 0 fully saturated rings. The maximum atomic E-state index is 2.39. The van der Waals surface area contributed by atoms with E-state index in [1.165, 1.54) is 33.5 Å². The number of hydrogen-bond donors (Lipinski definition) is 0. The molecule has 0 aliphatic carbocycles. The fourth-order valence-corrected chi connectivity index (χ4v) is 3.30. The Hall–Kier alpha value is -2.41. The first-order valence-corrected chi connectivity index (χ1v) is 8.06. The van der Waals surface area contributed by atoms with Crippen LogP contribution in [-0.4, -0.2) is 0 Å². The molecular formula is C21H20N+. The molecule has 22 heavy (non-hydrogen) atoms. The molecule has 2 aromatic carbocycles. The van der Waals surface area contributed by atoms with Gasteiger partial charge in [-0.3, -0.25) is 0 Å². The number of hydrogen-bond acceptors (Lipinski definition) is 0. The van der Waals surface area contributed by atoms with E-state index in [-0.39, 0.29) is 0 Å². The first-order chi connectivity index (χ1) is 10.8. The largest absolute Gasteiger partial charge is 0.213 e. The Kier molecular flexibility index (Phi) is 3.27. The molecule has 0 unspecified atom stereocenters. The minimum Gasteiger partial charge on any atom is -0.198 e. The SMILES string of the molecule is CCc1cc[n+]2c(c1)-c1cc(-c3ccccc3)ccc1CC2. The summed E-state index contributed by atoms with van der Waals surface area (Å²) in [5.74, 6) is 0. The fourth-order valence-electron chi connectivity index (χ4n) is 3.30. The van der Waals surface area contributed by atoms with Crippen molar-refractivity contribution in [2.75, 3.05) is 0 Å². The second kappa shape index (κ2) is 5.42. The van der Waals surface area contributed by atoms with E-state index < -0.39 is 0 Å². The Morgan fingerprint density at radius 3 is 2.59 bits per heavy atom. The molecule has 1 nitrogen and oxygen atoms in total. The lowest BCUT2D eigenvalue weighted by atomic mass is 9.92. The van der Waals surface area contributed by atoms with Crippen molar-refractivity contribution in [3.05, 3.63) is 78.0 Å². The monoisotopic (exact) mass is 286 g/mol. The van der Waals surface area contributed by atoms with Gasteiger partial charge in [-0.25, -0.2) is 0 Å². The summed E-state index contributed by atoms with van der Waals surface area (Å²) in [4.78, 5) is 0. The number of nitrogens with zero attached hydrogens (tertiary/aromatic N) is 1. The molecular weight excluding hydrogens is 266 g/mol. The van der Waals surface area contributed by atoms with Crippen LogP contribution in [0.25, 0.3) is 22.4 Å². The zero-order chi connectivity index (χ0) is 14.9. The van der Waals surface area contributed by atoms with Crippen LogP contribution in [0.15, 0.2) is 66.9 Å². The fraction of sp³-hybridized carbons (Fsp3) is 0.190. The Balaban J connectivity index is 1.88. The van der Waals surface area contributed by atoms with Gasteiger partial charge in [-0.15, -0.1) is 0 Å². The third-order valence-corrected chi connectivity index (χ3v) is 4.62. The summed E-state index contributed by atoms with van der Waals surface area (Å²) in [6.45, 7) is 3.30. The van der Waals surface area contributed by atoms with Gasteiger partial charge in [-0.1, -0.05) is 49.4 Å². The van der Waals surface area contributed by atoms with Gasteiger partial charge in [0.05, 0.1) is 5.56 Å². The van der Waals surface area contributed by atoms with Crippen molar-refractivity contribution < 1.29 is 4.57 Å². The van der Waals surface area contributed by atoms with Gasteiger partial charge in [0, 0.05) is 18.6 Å². The summed E-state index contributed by atoms with van der Waals surface area (Å²) in [5.41, 5.74) is 8.21. The predicted octanol–water partition coefficient (Wildman–Crippen LogP) is 4.43. The standard InChI is InChI=1S/C21H20N/c1-2-16-10-12-22-13-11-18-8-9-19(15-20(18)21(22)14-16)17-6-4-3-5-7-17/h3-10,12,14-15H,2,11,13H2,1H3/q+1. The van der Waals surface area contributed by atoms with Gasteiger partial charge in [-0.05, 0) is 34.7 Å². The maximum absolute atomic E-state index is 2.39. The van der Waals surface area contributed by atoms with Crippen molar-refractivity contribution in [3.8, 4) is 22.4 Å². The highest BCUT2D eigenvalue weighted by molar-refractivity contribution is 5.73. The summed E-state index contributed by atoms with van der Waals surface area (Å²) in [6, 6.07) is 22.2. The van der Waals surface area contributed by atoms with Crippen LogP contribution in [0.5, 0.6) is 0 Å². The van der Waals surface area contributed by atoms with E-state index in [0.29, 0.717) is 0 Å². The number of pyridine rings is 1. The van der Waals surface area contributed by atoms with Gasteiger partial charge in [0.25, 0.3) is 0 Å². The average Bonchev–Trinajstić information content (AvgIpc) is 2.61. The Morgan fingerprint density at radius 1 is 0.909 bits per heavy atom. The highest BCUT2D eigenvalue weighted by atomic mass is 15.0. The molecule has 0 saturated carbocycles. The van der Waals surface area contributed by atoms with E-state index in [1.54, 1.807) is 0 Å². The van der Waals surface area contributed by atoms with Crippen LogP contribution in [-0.2, 0) is 19.4 Å². The maximum Gasteiger partial charge on any atom is 0.213 e. The predicted molar refractivity (Wildman–Crippen MR) is 90.6 cm³/mol. The van der Waals surface area contributed by atoms with Crippen LogP contribution in [0.1, 0.15) is 18.1 Å². The highest BCUT2D eigenvalue weighted by Crippen LogP contribution is 2.30. The molecule has 0 bridgehead atoms. The third kappa shape index (κ3) is 2.23. The molecule has 0 spiro atoms. The van der Waals surface area contributed by atoms with Gasteiger partial charge in [-0.2, -0.15) is 4.57 Å². The van der Waals surface area contributed by atoms with Crippen molar-refractivity contribution >= 4 is 0 Å². The molecule has 0 atom stereocenters. The lowest BCUT2D eigenvalue weighted by Gasteiger charge is -2.16. The van der Waals surface area contributed by atoms with Crippen LogP contribution >= 0.6 is 0 Å². The summed E-state index contributed by atoms with van der Waals surface area (Å²) in [7, 11) is 0. The molecule has 0 N–H and O–H groups in total. The molecule has 4 rings (SSSR count). The molecule has 0 amide bonds. The molecule has 3 aromatic rings. The van der Waals surface area contributed by atoms with Crippen LogP contribution in [0.2, 0.25) is 0 Å². The van der Waals surface area contributed by atoms with Gasteiger partial charge >= 0.3 is 0 Å². The van der Waals surface area contributed by atoms with Crippen molar-refractivity contribution in [2.45, 2.75) is 26.3 Å². The first kappa shape index (κ1) is 13.3. The molecule has 1 heteroatoms. The Bertz CT molecular complexity index is 819. The van der Waals surface area contributed by atoms with Gasteiger partial charge in [0.1, 0.15) is 0 Å². The van der Waals surface area contributed by atoms with Crippen molar-refractivity contribution in [1.29, 1.82) is 0 Å². The van der Waals surface area contributed by atoms with Gasteiger partial charge in [0.15, 0.2) is 12.7 Å². The lowest BCUT2D eigenvalue weighted by molar-refractivity contribution is -0.687. The Morgan fingerprint density at radius 2 is 1.77 bits per heavy atom. The molecule has 1 aliphatic heterocycles. The topological polar surface area (TPSA) is 3.88 Å². The van der Waals surface area contributed by atoms with Crippen LogP contribution < -0.4 is 4.57 Å². The van der Waals surface area contributed by atoms with E-state index in [4.69, 9.17) is 0 Å². The summed E-state index contributed by atoms with van der Waals surface area (Å²) < 4.78 is 2.39. The zero-order valence-corrected chi connectivity index (χ0v) is 12.9. The highest BCUT2D eigenvalue weighted by Gasteiger charge is 2.23. The summed E-state index contributed by atoms with van der Waals surface area (Å²) in [5, 5.41) is 0. The van der Waals surface area contributed by atoms with E-state index in [1.807, 2.05) is 0 Å². The average molecular weight is 286 g/mol. The van der Waals surface area contributed by atoms with Crippen LogP contribution in [0.4, 0.5) is 0 Å². The lowest BCUT2D eigenvalue weighted by Crippen LogP contribution is -2.40. The number of aryl methyl sites for hydroxylation is 3. The van der Waals surface area contributed by atoms with Crippen molar-refractivity contribution in [2.24, 2.45) is 0 Å². The molecule has 0 saturated heterocycles. The van der Waals surface area contributed by atoms with E-state index >= 15 is 0 Å². The smallest absolute Gasteiger partial charge is 0.198 e. The number of rotatable bonds is 2. The molecule has 2 heterocycles. The van der Waals surface area contributed by atoms with E-state index in [2.05, 4.69) is 78.4 Å². The number of benzene rings is 2. The summed E-state index contributed by atoms with van der Waals surface area (Å²) >= 11 is 0. The Labute approximate surface area is 131 Å². The van der Waals surface area contributed by atoms with E-state index in [0.717, 1.165) is 19.4 Å². The van der Waals surface area contributed by atoms with E-state index in [9.17, 15) is 0 Å². The summed E-state index contributed by atoms with van der Waals surface area (Å²) in [6.07, 6.45) is 4.45. The molecule has 1 aliphatic rings. The molecule has 1 aromatic heterocycles. The normalized spacial score (nSPS) is 12.6.